The Bertz CT molecular complexity index is 779. The summed E-state index contributed by atoms with van der Waals surface area (Å²) in [7, 11) is 3.58. The maximum absolute atomic E-state index is 13.1. The largest absolute Gasteiger partial charge is 0.383 e. The molecule has 2 rings (SSSR count). The van der Waals surface area contributed by atoms with Gasteiger partial charge in [0.1, 0.15) is 0 Å². The maximum atomic E-state index is 13.1. The van der Waals surface area contributed by atoms with Crippen LogP contribution >= 0.6 is 11.8 Å². The van der Waals surface area contributed by atoms with Gasteiger partial charge in [-0.05, 0) is 30.7 Å². The number of amides is 2. The van der Waals surface area contributed by atoms with Gasteiger partial charge in [0, 0.05) is 44.0 Å². The average molecular weight is 432 g/mol. The van der Waals surface area contributed by atoms with Crippen LogP contribution in [0.3, 0.4) is 0 Å². The van der Waals surface area contributed by atoms with E-state index in [-0.39, 0.29) is 18.4 Å². The smallest absolute Gasteiger partial charge is 0.242 e. The first-order chi connectivity index (χ1) is 14.5. The van der Waals surface area contributed by atoms with E-state index in [1.165, 1.54) is 11.8 Å². The number of hydrogen-bond donors (Lipinski definition) is 0. The highest BCUT2D eigenvalue weighted by molar-refractivity contribution is 8.00. The summed E-state index contributed by atoms with van der Waals surface area (Å²) < 4.78 is 7.19. The van der Waals surface area contributed by atoms with Crippen LogP contribution in [0.5, 0.6) is 0 Å². The molecule has 2 amide bonds. The molecule has 2 aromatic rings. The van der Waals surface area contributed by atoms with Gasteiger partial charge in [0.05, 0.1) is 25.4 Å². The molecule has 1 heterocycles. The molecule has 30 heavy (non-hydrogen) atoms. The Morgan fingerprint density at radius 1 is 1.03 bits per heavy atom. The number of unbranched alkanes of at least 4 members (excludes halogenated alkanes) is 1. The lowest BCUT2D eigenvalue weighted by molar-refractivity contribution is -0.140. The zero-order chi connectivity index (χ0) is 21.8. The third kappa shape index (κ3) is 7.88. The van der Waals surface area contributed by atoms with Crippen molar-refractivity contribution < 1.29 is 14.3 Å². The Kier molecular flexibility index (Phi) is 10.5. The van der Waals surface area contributed by atoms with E-state index in [4.69, 9.17) is 4.74 Å². The molecule has 0 spiro atoms. The van der Waals surface area contributed by atoms with E-state index in [0.29, 0.717) is 32.0 Å². The number of rotatable bonds is 13. The summed E-state index contributed by atoms with van der Waals surface area (Å²) in [6, 6.07) is 13.8. The van der Waals surface area contributed by atoms with E-state index >= 15 is 0 Å². The van der Waals surface area contributed by atoms with E-state index in [1.54, 1.807) is 12.0 Å². The van der Waals surface area contributed by atoms with Gasteiger partial charge in [-0.1, -0.05) is 31.5 Å². The molecule has 6 nitrogen and oxygen atoms in total. The third-order valence-electron chi connectivity index (χ3n) is 4.89. The number of carbonyl (C=O) groups is 2. The van der Waals surface area contributed by atoms with Gasteiger partial charge in [0.15, 0.2) is 0 Å². The topological polar surface area (TPSA) is 54.8 Å². The molecule has 0 saturated heterocycles. The lowest BCUT2D eigenvalue weighted by Gasteiger charge is -2.28. The van der Waals surface area contributed by atoms with Gasteiger partial charge in [0.2, 0.25) is 11.8 Å². The number of benzene rings is 1. The van der Waals surface area contributed by atoms with Crippen LogP contribution in [-0.2, 0) is 27.9 Å². The zero-order valence-corrected chi connectivity index (χ0v) is 19.1. The molecule has 0 radical (unpaired) electrons. The lowest BCUT2D eigenvalue weighted by atomic mass is 10.2. The Morgan fingerprint density at radius 3 is 2.43 bits per heavy atom. The van der Waals surface area contributed by atoms with Crippen LogP contribution in [0.4, 0.5) is 0 Å². The second-order valence-electron chi connectivity index (χ2n) is 7.19. The second kappa shape index (κ2) is 13.1. The summed E-state index contributed by atoms with van der Waals surface area (Å²) in [5.74, 6) is 0.218. The number of ether oxygens (including phenoxy) is 1. The van der Waals surface area contributed by atoms with Gasteiger partial charge < -0.3 is 19.1 Å². The standard InChI is InChI=1S/C23H33N3O3S/c1-4-5-14-25(17-20-10-9-13-24(20)2)22(27)18-26(15-16-29-3)23(28)19-30-21-11-7-6-8-12-21/h6-13H,4-5,14-19H2,1-3H3. The Morgan fingerprint density at radius 2 is 1.80 bits per heavy atom. The molecule has 164 valence electrons. The predicted molar refractivity (Wildman–Crippen MR) is 121 cm³/mol. The van der Waals surface area contributed by atoms with Crippen molar-refractivity contribution in [3.05, 3.63) is 54.4 Å². The summed E-state index contributed by atoms with van der Waals surface area (Å²) in [6.45, 7) is 4.23. The molecule has 7 heteroatoms. The van der Waals surface area contributed by atoms with Crippen molar-refractivity contribution >= 4 is 23.6 Å². The van der Waals surface area contributed by atoms with Crippen LogP contribution in [0.1, 0.15) is 25.5 Å². The highest BCUT2D eigenvalue weighted by Gasteiger charge is 2.22. The summed E-state index contributed by atoms with van der Waals surface area (Å²) in [4.78, 5) is 30.5. The van der Waals surface area contributed by atoms with Gasteiger partial charge in [-0.15, -0.1) is 11.8 Å². The summed E-state index contributed by atoms with van der Waals surface area (Å²) in [6.07, 6.45) is 3.93. The number of thioether (sulfide) groups is 1. The number of methoxy groups -OCH3 is 1. The maximum Gasteiger partial charge on any atom is 0.242 e. The first kappa shape index (κ1) is 24.0. The third-order valence-corrected chi connectivity index (χ3v) is 5.88. The molecular weight excluding hydrogens is 398 g/mol. The molecule has 0 aliphatic rings. The SMILES string of the molecule is CCCCN(Cc1cccn1C)C(=O)CN(CCOC)C(=O)CSc1ccccc1. The van der Waals surface area contributed by atoms with Gasteiger partial charge in [0.25, 0.3) is 0 Å². The molecule has 0 bridgehead atoms. The molecule has 0 saturated carbocycles. The summed E-state index contributed by atoms with van der Waals surface area (Å²) >= 11 is 1.49. The minimum atomic E-state index is -0.0523. The Balaban J connectivity index is 2.02. The van der Waals surface area contributed by atoms with Crippen LogP contribution in [0.2, 0.25) is 0 Å². The van der Waals surface area contributed by atoms with Crippen LogP contribution in [0.15, 0.2) is 53.6 Å². The number of carbonyl (C=O) groups excluding carboxylic acids is 2. The number of hydrogen-bond acceptors (Lipinski definition) is 4. The fraction of sp³-hybridized carbons (Fsp3) is 0.478. The summed E-state index contributed by atoms with van der Waals surface area (Å²) in [5.41, 5.74) is 1.08. The zero-order valence-electron chi connectivity index (χ0n) is 18.3. The Labute approximate surface area is 184 Å². The number of nitrogens with zero attached hydrogens (tertiary/aromatic N) is 3. The number of aromatic nitrogens is 1. The monoisotopic (exact) mass is 431 g/mol. The average Bonchev–Trinajstić information content (AvgIpc) is 3.17. The minimum Gasteiger partial charge on any atom is -0.383 e. The molecule has 0 aliphatic heterocycles. The first-order valence-corrected chi connectivity index (χ1v) is 11.4. The van der Waals surface area contributed by atoms with Crippen molar-refractivity contribution in [2.45, 2.75) is 31.2 Å². The van der Waals surface area contributed by atoms with Crippen LogP contribution in [0, 0.1) is 0 Å². The number of aryl methyl sites for hydroxylation is 1. The molecule has 0 aliphatic carbocycles. The van der Waals surface area contributed by atoms with Crippen molar-refractivity contribution in [3.8, 4) is 0 Å². The Hall–Kier alpha value is -2.25. The molecule has 0 fully saturated rings. The van der Waals surface area contributed by atoms with Gasteiger partial charge in [-0.25, -0.2) is 0 Å². The van der Waals surface area contributed by atoms with E-state index in [2.05, 4.69) is 6.92 Å². The molecule has 0 unspecified atom stereocenters. The van der Waals surface area contributed by atoms with E-state index in [1.807, 2.05) is 65.2 Å². The van der Waals surface area contributed by atoms with Crippen molar-refractivity contribution in [1.29, 1.82) is 0 Å². The van der Waals surface area contributed by atoms with Crippen molar-refractivity contribution in [2.24, 2.45) is 7.05 Å². The van der Waals surface area contributed by atoms with Crippen LogP contribution in [0.25, 0.3) is 0 Å². The van der Waals surface area contributed by atoms with Crippen molar-refractivity contribution in [3.63, 3.8) is 0 Å². The highest BCUT2D eigenvalue weighted by atomic mass is 32.2. The van der Waals surface area contributed by atoms with Gasteiger partial charge in [-0.2, -0.15) is 0 Å². The van der Waals surface area contributed by atoms with E-state index in [0.717, 1.165) is 23.4 Å². The van der Waals surface area contributed by atoms with Gasteiger partial charge >= 0.3 is 0 Å². The molecule has 0 atom stereocenters. The minimum absolute atomic E-state index is 0.0289. The fourth-order valence-corrected chi connectivity index (χ4v) is 3.83. The van der Waals surface area contributed by atoms with E-state index < -0.39 is 0 Å². The lowest BCUT2D eigenvalue weighted by Crippen LogP contribution is -2.45. The second-order valence-corrected chi connectivity index (χ2v) is 8.24. The van der Waals surface area contributed by atoms with Crippen molar-refractivity contribution in [1.82, 2.24) is 14.4 Å². The fourth-order valence-electron chi connectivity index (χ4n) is 3.01. The molecule has 0 N–H and O–H groups in total. The first-order valence-electron chi connectivity index (χ1n) is 10.4. The molecule has 1 aromatic heterocycles. The predicted octanol–water partition coefficient (Wildman–Crippen LogP) is 3.42. The van der Waals surface area contributed by atoms with Crippen LogP contribution < -0.4 is 0 Å². The highest BCUT2D eigenvalue weighted by Crippen LogP contribution is 2.17. The van der Waals surface area contributed by atoms with E-state index in [9.17, 15) is 9.59 Å². The summed E-state index contributed by atoms with van der Waals surface area (Å²) in [5, 5.41) is 0. The molecular formula is C23H33N3O3S. The molecule has 1 aromatic carbocycles. The van der Waals surface area contributed by atoms with Gasteiger partial charge in [-0.3, -0.25) is 9.59 Å². The normalized spacial score (nSPS) is 10.8. The van der Waals surface area contributed by atoms with Crippen LogP contribution in [-0.4, -0.2) is 65.3 Å². The quantitative estimate of drug-likeness (QED) is 0.456. The van der Waals surface area contributed by atoms with Crippen molar-refractivity contribution in [2.75, 3.05) is 39.1 Å².